The van der Waals surface area contributed by atoms with E-state index in [4.69, 9.17) is 4.98 Å². The molecule has 0 amide bonds. The van der Waals surface area contributed by atoms with Crippen molar-refractivity contribution in [2.24, 2.45) is 0 Å². The van der Waals surface area contributed by atoms with Crippen molar-refractivity contribution in [1.29, 1.82) is 0 Å². The number of aromatic amines is 1. The molecule has 3 heterocycles. The van der Waals surface area contributed by atoms with E-state index in [1.54, 1.807) is 36.6 Å². The van der Waals surface area contributed by atoms with Crippen LogP contribution in [0, 0.1) is 0 Å². The van der Waals surface area contributed by atoms with Gasteiger partial charge in [-0.05, 0) is 51.7 Å². The number of aromatic nitrogens is 3. The Kier molecular flexibility index (Phi) is 4.43. The molecular formula is C19H24N4O3S. The molecule has 144 valence electrons. The Bertz CT molecular complexity index is 1020. The van der Waals surface area contributed by atoms with Gasteiger partial charge in [0.2, 0.25) is 10.0 Å². The van der Waals surface area contributed by atoms with Gasteiger partial charge in [-0.15, -0.1) is 0 Å². The quantitative estimate of drug-likeness (QED) is 0.866. The van der Waals surface area contributed by atoms with Crippen LogP contribution in [0.2, 0.25) is 0 Å². The van der Waals surface area contributed by atoms with Crippen molar-refractivity contribution in [2.45, 2.75) is 50.2 Å². The summed E-state index contributed by atoms with van der Waals surface area (Å²) >= 11 is 0. The average Bonchev–Trinajstić information content (AvgIpc) is 3.01. The van der Waals surface area contributed by atoms with Gasteiger partial charge >= 0.3 is 0 Å². The third-order valence-electron chi connectivity index (χ3n) is 5.80. The minimum absolute atomic E-state index is 0.125. The third-order valence-corrected chi connectivity index (χ3v) is 8.03. The standard InChI is InChI=1S/C19H24N4O3S/c1-13(2)27(25,26)23-10-4-7-19(12-23)8-6-15-16(19)21-17(22-18(15)24)14-5-3-9-20-11-14/h3,5,9,11,13H,4,6-8,10,12H2,1-2H3,(H,21,22,24). The van der Waals surface area contributed by atoms with Crippen LogP contribution in [0.3, 0.4) is 0 Å². The second-order valence-electron chi connectivity index (χ2n) is 7.79. The molecule has 1 atom stereocenters. The minimum Gasteiger partial charge on any atom is -0.306 e. The molecule has 4 rings (SSSR count). The van der Waals surface area contributed by atoms with Crippen molar-refractivity contribution in [3.63, 3.8) is 0 Å². The lowest BCUT2D eigenvalue weighted by molar-refractivity contribution is 0.218. The van der Waals surface area contributed by atoms with E-state index in [-0.39, 0.29) is 11.0 Å². The highest BCUT2D eigenvalue weighted by molar-refractivity contribution is 7.89. The predicted molar refractivity (Wildman–Crippen MR) is 103 cm³/mol. The molecule has 1 saturated heterocycles. The van der Waals surface area contributed by atoms with Crippen LogP contribution in [0.1, 0.15) is 44.4 Å². The van der Waals surface area contributed by atoms with E-state index in [1.807, 2.05) is 6.07 Å². The first-order valence-corrected chi connectivity index (χ1v) is 10.9. The lowest BCUT2D eigenvalue weighted by Crippen LogP contribution is -2.49. The third kappa shape index (κ3) is 3.00. The fourth-order valence-electron chi connectivity index (χ4n) is 4.29. The van der Waals surface area contributed by atoms with Crippen molar-refractivity contribution in [3.05, 3.63) is 46.1 Å². The van der Waals surface area contributed by atoms with Crippen LogP contribution >= 0.6 is 0 Å². The molecule has 0 aromatic carbocycles. The number of sulfonamides is 1. The Morgan fingerprint density at radius 3 is 2.81 bits per heavy atom. The fraction of sp³-hybridized carbons (Fsp3) is 0.526. The van der Waals surface area contributed by atoms with E-state index in [2.05, 4.69) is 9.97 Å². The van der Waals surface area contributed by atoms with Gasteiger partial charge in [0.15, 0.2) is 0 Å². The number of H-pyrrole nitrogens is 1. The molecule has 0 radical (unpaired) electrons. The molecular weight excluding hydrogens is 364 g/mol. The van der Waals surface area contributed by atoms with Crippen LogP contribution in [0.25, 0.3) is 11.4 Å². The Balaban J connectivity index is 1.78. The molecule has 2 aromatic rings. The van der Waals surface area contributed by atoms with E-state index in [1.165, 1.54) is 0 Å². The number of hydrogen-bond donors (Lipinski definition) is 1. The van der Waals surface area contributed by atoms with Crippen LogP contribution in [0.4, 0.5) is 0 Å². The topological polar surface area (TPSA) is 96.0 Å². The summed E-state index contributed by atoms with van der Waals surface area (Å²) in [5.41, 5.74) is 1.72. The van der Waals surface area contributed by atoms with E-state index < -0.39 is 15.3 Å². The van der Waals surface area contributed by atoms with Crippen molar-refractivity contribution in [3.8, 4) is 11.4 Å². The Morgan fingerprint density at radius 1 is 1.30 bits per heavy atom. The van der Waals surface area contributed by atoms with Crippen LogP contribution in [-0.2, 0) is 21.9 Å². The van der Waals surface area contributed by atoms with Gasteiger partial charge in [0.25, 0.3) is 5.56 Å². The molecule has 7 nitrogen and oxygen atoms in total. The maximum atomic E-state index is 12.7. The number of hydrogen-bond acceptors (Lipinski definition) is 5. The number of nitrogens with zero attached hydrogens (tertiary/aromatic N) is 3. The summed E-state index contributed by atoms with van der Waals surface area (Å²) in [7, 11) is -3.33. The minimum atomic E-state index is -3.33. The highest BCUT2D eigenvalue weighted by atomic mass is 32.2. The van der Waals surface area contributed by atoms with Gasteiger partial charge < -0.3 is 4.98 Å². The summed E-state index contributed by atoms with van der Waals surface area (Å²) in [4.78, 5) is 24.4. The number of pyridine rings is 1. The molecule has 0 bridgehead atoms. The first kappa shape index (κ1) is 18.3. The molecule has 1 fully saturated rings. The second-order valence-corrected chi connectivity index (χ2v) is 10.3. The van der Waals surface area contributed by atoms with E-state index in [0.29, 0.717) is 30.9 Å². The van der Waals surface area contributed by atoms with Gasteiger partial charge in [-0.1, -0.05) is 0 Å². The van der Waals surface area contributed by atoms with Crippen LogP contribution in [0.5, 0.6) is 0 Å². The van der Waals surface area contributed by atoms with E-state index >= 15 is 0 Å². The lowest BCUT2D eigenvalue weighted by atomic mass is 9.78. The molecule has 1 spiro atoms. The van der Waals surface area contributed by atoms with Crippen molar-refractivity contribution in [1.82, 2.24) is 19.3 Å². The van der Waals surface area contributed by atoms with Crippen LogP contribution in [-0.4, -0.2) is 46.0 Å². The first-order chi connectivity index (χ1) is 12.8. The van der Waals surface area contributed by atoms with Crippen molar-refractivity contribution in [2.75, 3.05) is 13.1 Å². The molecule has 1 aliphatic carbocycles. The number of nitrogens with one attached hydrogen (secondary N) is 1. The zero-order valence-electron chi connectivity index (χ0n) is 15.6. The van der Waals surface area contributed by atoms with Gasteiger partial charge in [0.1, 0.15) is 5.82 Å². The highest BCUT2D eigenvalue weighted by Gasteiger charge is 2.47. The van der Waals surface area contributed by atoms with Gasteiger partial charge in [0.05, 0.1) is 10.9 Å². The van der Waals surface area contributed by atoms with Gasteiger partial charge in [-0.3, -0.25) is 9.78 Å². The second kappa shape index (κ2) is 6.53. The predicted octanol–water partition coefficient (Wildman–Crippen LogP) is 1.85. The SMILES string of the molecule is CC(C)S(=O)(=O)N1CCCC2(CCc3c2nc(-c2cccnc2)[nH]c3=O)C1. The van der Waals surface area contributed by atoms with E-state index in [9.17, 15) is 13.2 Å². The fourth-order valence-corrected chi connectivity index (χ4v) is 5.70. The van der Waals surface area contributed by atoms with Crippen molar-refractivity contribution >= 4 is 10.0 Å². The molecule has 0 saturated carbocycles. The maximum Gasteiger partial charge on any atom is 0.254 e. The molecule has 1 unspecified atom stereocenters. The number of fused-ring (bicyclic) bond motifs is 2. The van der Waals surface area contributed by atoms with Crippen LogP contribution < -0.4 is 5.56 Å². The molecule has 2 aliphatic rings. The number of piperidine rings is 1. The molecule has 2 aromatic heterocycles. The summed E-state index contributed by atoms with van der Waals surface area (Å²) in [6, 6.07) is 3.66. The van der Waals surface area contributed by atoms with E-state index in [0.717, 1.165) is 30.5 Å². The van der Waals surface area contributed by atoms with Gasteiger partial charge in [-0.25, -0.2) is 17.7 Å². The molecule has 8 heteroatoms. The summed E-state index contributed by atoms with van der Waals surface area (Å²) < 4.78 is 27.0. The zero-order valence-corrected chi connectivity index (χ0v) is 16.4. The average molecular weight is 388 g/mol. The van der Waals surface area contributed by atoms with Gasteiger partial charge in [0, 0.05) is 42.0 Å². The summed E-state index contributed by atoms with van der Waals surface area (Å²) in [6.07, 6.45) is 6.38. The first-order valence-electron chi connectivity index (χ1n) is 9.36. The lowest BCUT2D eigenvalue weighted by Gasteiger charge is -2.40. The molecule has 1 N–H and O–H groups in total. The largest absolute Gasteiger partial charge is 0.306 e. The summed E-state index contributed by atoms with van der Waals surface area (Å²) in [5, 5.41) is -0.452. The monoisotopic (exact) mass is 388 g/mol. The zero-order chi connectivity index (χ0) is 19.2. The number of rotatable bonds is 3. The Labute approximate surface area is 158 Å². The highest BCUT2D eigenvalue weighted by Crippen LogP contribution is 2.44. The normalized spacial score (nSPS) is 23.1. The smallest absolute Gasteiger partial charge is 0.254 e. The Morgan fingerprint density at radius 2 is 2.11 bits per heavy atom. The summed E-state index contributed by atoms with van der Waals surface area (Å²) in [5.74, 6) is 0.497. The molecule has 27 heavy (non-hydrogen) atoms. The van der Waals surface area contributed by atoms with Crippen LogP contribution in [0.15, 0.2) is 29.3 Å². The summed E-state index contributed by atoms with van der Waals surface area (Å²) in [6.45, 7) is 4.37. The maximum absolute atomic E-state index is 12.7. The van der Waals surface area contributed by atoms with Crippen molar-refractivity contribution < 1.29 is 8.42 Å². The molecule has 1 aliphatic heterocycles. The van der Waals surface area contributed by atoms with Gasteiger partial charge in [-0.2, -0.15) is 0 Å². The Hall–Kier alpha value is -2.06.